The predicted molar refractivity (Wildman–Crippen MR) is 186 cm³/mol. The summed E-state index contributed by atoms with van der Waals surface area (Å²) >= 11 is 1.45. The zero-order valence-corrected chi connectivity index (χ0v) is 29.4. The van der Waals surface area contributed by atoms with Crippen molar-refractivity contribution in [2.24, 2.45) is 0 Å². The van der Waals surface area contributed by atoms with Gasteiger partial charge >= 0.3 is 0 Å². The Morgan fingerprint density at radius 3 is 2.47 bits per heavy atom. The Hall–Kier alpha value is -3.87. The Labute approximate surface area is 290 Å². The minimum atomic E-state index is -1.08. The van der Waals surface area contributed by atoms with Gasteiger partial charge in [-0.25, -0.2) is 4.39 Å². The van der Waals surface area contributed by atoms with Gasteiger partial charge < -0.3 is 23.8 Å². The first-order valence-corrected chi connectivity index (χ1v) is 17.6. The molecule has 2 aromatic carbocycles. The minimum absolute atomic E-state index is 0.0140. The molecule has 0 radical (unpaired) electrons. The lowest BCUT2D eigenvalue weighted by Gasteiger charge is -2.63. The fourth-order valence-corrected chi connectivity index (χ4v) is 8.92. The second-order valence-electron chi connectivity index (χ2n) is 13.8. The molecule has 4 heterocycles. The molecule has 260 valence electrons. The topological polar surface area (TPSA) is 82.1 Å². The molecule has 9 nitrogen and oxygen atoms in total. The van der Waals surface area contributed by atoms with Crippen molar-refractivity contribution < 1.29 is 27.7 Å². The molecule has 2 aliphatic heterocycles. The van der Waals surface area contributed by atoms with Crippen LogP contribution in [0.15, 0.2) is 54.6 Å². The SMILES string of the molecule is COCOc1cc(-c2cc(F)nc(OC)c2)ccc1-c1nnc(N(C2CC2)[C@@H]2C[C@@]3(C)CCC[C@@](C)([C@@H]2F)N3Cc2ccc(OC)cc2)s1. The van der Waals surface area contributed by atoms with E-state index in [0.717, 1.165) is 54.1 Å². The van der Waals surface area contributed by atoms with Crippen LogP contribution in [0.25, 0.3) is 21.7 Å². The van der Waals surface area contributed by atoms with Gasteiger partial charge in [-0.1, -0.05) is 29.5 Å². The number of benzene rings is 2. The maximum absolute atomic E-state index is 17.3. The van der Waals surface area contributed by atoms with Gasteiger partial charge in [0.05, 0.1) is 31.4 Å². The molecule has 12 heteroatoms. The molecule has 0 amide bonds. The highest BCUT2D eigenvalue weighted by Gasteiger charge is 2.60. The van der Waals surface area contributed by atoms with E-state index >= 15 is 4.39 Å². The Morgan fingerprint density at radius 1 is 0.959 bits per heavy atom. The lowest BCUT2D eigenvalue weighted by atomic mass is 9.65. The average molecular weight is 692 g/mol. The highest BCUT2D eigenvalue weighted by Crippen LogP contribution is 2.53. The summed E-state index contributed by atoms with van der Waals surface area (Å²) in [7, 11) is 4.67. The largest absolute Gasteiger partial charge is 0.497 e. The third-order valence-electron chi connectivity index (χ3n) is 10.5. The van der Waals surface area contributed by atoms with Crippen LogP contribution in [0.3, 0.4) is 0 Å². The van der Waals surface area contributed by atoms with Gasteiger partial charge in [-0.3, -0.25) is 4.90 Å². The number of rotatable bonds is 12. The van der Waals surface area contributed by atoms with Crippen molar-refractivity contribution in [1.29, 1.82) is 0 Å². The van der Waals surface area contributed by atoms with Crippen LogP contribution in [-0.2, 0) is 11.3 Å². The molecule has 4 atom stereocenters. The Morgan fingerprint density at radius 2 is 1.76 bits per heavy atom. The maximum atomic E-state index is 17.3. The van der Waals surface area contributed by atoms with E-state index in [1.165, 1.54) is 24.5 Å². The van der Waals surface area contributed by atoms with E-state index in [2.05, 4.69) is 51.0 Å². The van der Waals surface area contributed by atoms with E-state index < -0.39 is 17.7 Å². The Kier molecular flexibility index (Phi) is 9.23. The molecule has 2 saturated heterocycles. The molecule has 1 aliphatic carbocycles. The number of hydrogen-bond donors (Lipinski definition) is 0. The molecule has 3 aliphatic rings. The first kappa shape index (κ1) is 33.6. The molecule has 0 unspecified atom stereocenters. The Balaban J connectivity index is 1.19. The maximum Gasteiger partial charge on any atom is 0.216 e. The number of pyridine rings is 1. The monoisotopic (exact) mass is 691 g/mol. The summed E-state index contributed by atoms with van der Waals surface area (Å²) in [5.74, 6) is 0.868. The van der Waals surface area contributed by atoms with E-state index in [1.807, 2.05) is 30.3 Å². The number of anilines is 1. The van der Waals surface area contributed by atoms with Gasteiger partial charge in [0, 0.05) is 37.4 Å². The average Bonchev–Trinajstić information content (AvgIpc) is 3.83. The van der Waals surface area contributed by atoms with Crippen LogP contribution in [0.4, 0.5) is 13.9 Å². The number of hydrogen-bond acceptors (Lipinski definition) is 10. The summed E-state index contributed by atoms with van der Waals surface area (Å²) in [6, 6.07) is 16.6. The van der Waals surface area contributed by atoms with Crippen molar-refractivity contribution in [2.45, 2.75) is 88.3 Å². The third-order valence-corrected chi connectivity index (χ3v) is 11.5. The van der Waals surface area contributed by atoms with E-state index in [1.54, 1.807) is 20.3 Å². The number of alkyl halides is 1. The van der Waals surface area contributed by atoms with Gasteiger partial charge in [0.1, 0.15) is 17.7 Å². The van der Waals surface area contributed by atoms with Crippen LogP contribution in [0, 0.1) is 5.95 Å². The number of nitrogens with zero attached hydrogens (tertiary/aromatic N) is 5. The molecule has 49 heavy (non-hydrogen) atoms. The van der Waals surface area contributed by atoms with Crippen molar-refractivity contribution in [3.8, 4) is 39.1 Å². The van der Waals surface area contributed by atoms with Crippen LogP contribution < -0.4 is 19.1 Å². The number of aromatic nitrogens is 3. The van der Waals surface area contributed by atoms with Crippen LogP contribution in [-0.4, -0.2) is 77.5 Å². The van der Waals surface area contributed by atoms with Gasteiger partial charge in [0.15, 0.2) is 11.8 Å². The van der Waals surface area contributed by atoms with Gasteiger partial charge in [0.2, 0.25) is 17.0 Å². The highest BCUT2D eigenvalue weighted by molar-refractivity contribution is 7.18. The van der Waals surface area contributed by atoms with Crippen LogP contribution >= 0.6 is 11.3 Å². The quantitative estimate of drug-likeness (QED) is 0.110. The molecule has 1 saturated carbocycles. The molecule has 3 fully saturated rings. The summed E-state index contributed by atoms with van der Waals surface area (Å²) in [5, 5.41) is 10.7. The second-order valence-corrected chi connectivity index (χ2v) is 14.8. The summed E-state index contributed by atoms with van der Waals surface area (Å²) in [6.07, 6.45) is 4.45. The standard InChI is InChI=1S/C37H43F2N5O4S/c1-36-15-6-16-37(2,43(36)21-23-7-12-27(46-4)13-8-23)33(39)29(20-36)44(26-10-11-26)35-42-41-34(49-35)28-14-9-24(17-30(28)48-22-45-3)25-18-31(38)40-32(19-25)47-5/h7-9,12-14,17-19,26,29,33H,6,10-11,15-16,20-22H2,1-5H3/t29-,33-,36-,37+/m1/s1. The molecule has 0 spiro atoms. The minimum Gasteiger partial charge on any atom is -0.497 e. The van der Waals surface area contributed by atoms with Crippen LogP contribution in [0.2, 0.25) is 0 Å². The van der Waals surface area contributed by atoms with Crippen molar-refractivity contribution in [3.05, 3.63) is 66.1 Å². The fraction of sp³-hybridized carbons (Fsp3) is 0.486. The molecule has 2 aromatic heterocycles. The van der Waals surface area contributed by atoms with Crippen molar-refractivity contribution in [3.63, 3.8) is 0 Å². The predicted octanol–water partition coefficient (Wildman–Crippen LogP) is 7.69. The third kappa shape index (κ3) is 6.46. The highest BCUT2D eigenvalue weighted by atomic mass is 32.1. The lowest BCUT2D eigenvalue weighted by Crippen LogP contribution is -2.74. The van der Waals surface area contributed by atoms with E-state index in [0.29, 0.717) is 34.8 Å². The lowest BCUT2D eigenvalue weighted by molar-refractivity contribution is -0.139. The molecule has 7 rings (SSSR count). The Bertz CT molecular complexity index is 1790. The zero-order valence-electron chi connectivity index (χ0n) is 28.6. The van der Waals surface area contributed by atoms with E-state index in [-0.39, 0.29) is 30.3 Å². The number of methoxy groups -OCH3 is 3. The summed E-state index contributed by atoms with van der Waals surface area (Å²) < 4.78 is 53.3. The second kappa shape index (κ2) is 13.4. The summed E-state index contributed by atoms with van der Waals surface area (Å²) in [6.45, 7) is 5.14. The van der Waals surface area contributed by atoms with Crippen molar-refractivity contribution >= 4 is 16.5 Å². The summed E-state index contributed by atoms with van der Waals surface area (Å²) in [4.78, 5) is 8.44. The molecule has 4 aromatic rings. The normalized spacial score (nSPS) is 25.2. The van der Waals surface area contributed by atoms with Crippen LogP contribution in [0.1, 0.15) is 57.9 Å². The fourth-order valence-electron chi connectivity index (χ4n) is 7.92. The number of ether oxygens (including phenoxy) is 4. The first-order chi connectivity index (χ1) is 23.7. The zero-order chi connectivity index (χ0) is 34.3. The van der Waals surface area contributed by atoms with E-state index in [4.69, 9.17) is 18.9 Å². The smallest absolute Gasteiger partial charge is 0.216 e. The van der Waals surface area contributed by atoms with E-state index in [9.17, 15) is 4.39 Å². The molecule has 0 N–H and O–H groups in total. The van der Waals surface area contributed by atoms with Crippen molar-refractivity contribution in [1.82, 2.24) is 20.1 Å². The first-order valence-electron chi connectivity index (χ1n) is 16.8. The molecule has 2 bridgehead atoms. The van der Waals surface area contributed by atoms with Crippen molar-refractivity contribution in [2.75, 3.05) is 33.0 Å². The number of fused-ring (bicyclic) bond motifs is 2. The van der Waals surface area contributed by atoms with Gasteiger partial charge in [-0.05, 0) is 93.3 Å². The van der Waals surface area contributed by atoms with Gasteiger partial charge in [0.25, 0.3) is 0 Å². The molecular formula is C37H43F2N5O4S. The van der Waals surface area contributed by atoms with Gasteiger partial charge in [-0.15, -0.1) is 10.2 Å². The van der Waals surface area contributed by atoms with Gasteiger partial charge in [-0.2, -0.15) is 9.37 Å². The molecular weight excluding hydrogens is 649 g/mol. The number of halogens is 2. The number of piperidine rings is 2. The summed E-state index contributed by atoms with van der Waals surface area (Å²) in [5.41, 5.74) is 2.40. The van der Waals surface area contributed by atoms with Crippen LogP contribution in [0.5, 0.6) is 17.4 Å².